The predicted octanol–water partition coefficient (Wildman–Crippen LogP) is 3.75. The molecule has 2 heteroatoms. The molecule has 0 aliphatic carbocycles. The van der Waals surface area contributed by atoms with Crippen LogP contribution in [0.3, 0.4) is 0 Å². The standard InChI is InChI=1S/C9H12OS.C2H6/c1-4-8-9(5-2)11-6-7(3)10-8;1-2/h4-5,7H,1-2,6H2,3H3;1-2H3. The lowest BCUT2D eigenvalue weighted by Gasteiger charge is -2.22. The van der Waals surface area contributed by atoms with Gasteiger partial charge in [0, 0.05) is 10.7 Å². The van der Waals surface area contributed by atoms with Gasteiger partial charge >= 0.3 is 0 Å². The highest BCUT2D eigenvalue weighted by molar-refractivity contribution is 8.03. The van der Waals surface area contributed by atoms with E-state index in [1.165, 1.54) is 0 Å². The van der Waals surface area contributed by atoms with E-state index in [9.17, 15) is 0 Å². The van der Waals surface area contributed by atoms with Crippen molar-refractivity contribution in [2.24, 2.45) is 0 Å². The number of thioether (sulfide) groups is 1. The lowest BCUT2D eigenvalue weighted by atomic mass is 10.4. The summed E-state index contributed by atoms with van der Waals surface area (Å²) in [5, 5.41) is 0. The SMILES string of the molecule is C=CC1=C(C=C)SCC(C)O1.CC. The van der Waals surface area contributed by atoms with Crippen LogP contribution in [0.4, 0.5) is 0 Å². The Labute approximate surface area is 85.6 Å². The third kappa shape index (κ3) is 3.73. The number of hydrogen-bond acceptors (Lipinski definition) is 2. The molecule has 0 aromatic heterocycles. The summed E-state index contributed by atoms with van der Waals surface area (Å²) in [6, 6.07) is 0. The van der Waals surface area contributed by atoms with E-state index in [0.717, 1.165) is 16.4 Å². The summed E-state index contributed by atoms with van der Waals surface area (Å²) in [6.45, 7) is 13.4. The molecular weight excluding hydrogens is 180 g/mol. The Hall–Kier alpha value is -0.630. The van der Waals surface area contributed by atoms with Crippen molar-refractivity contribution in [2.75, 3.05) is 5.75 Å². The zero-order valence-electron chi connectivity index (χ0n) is 8.67. The van der Waals surface area contributed by atoms with Crippen molar-refractivity contribution in [1.82, 2.24) is 0 Å². The van der Waals surface area contributed by atoms with Crippen molar-refractivity contribution >= 4 is 11.8 Å². The van der Waals surface area contributed by atoms with Gasteiger partial charge in [-0.15, -0.1) is 11.8 Å². The molecular formula is C11H18OS. The van der Waals surface area contributed by atoms with Crippen LogP contribution >= 0.6 is 11.8 Å². The highest BCUT2D eigenvalue weighted by Gasteiger charge is 2.14. The molecule has 1 atom stereocenters. The lowest BCUT2D eigenvalue weighted by molar-refractivity contribution is 0.158. The van der Waals surface area contributed by atoms with Gasteiger partial charge in [-0.25, -0.2) is 0 Å². The van der Waals surface area contributed by atoms with Crippen LogP contribution in [0.1, 0.15) is 20.8 Å². The number of ether oxygens (including phenoxy) is 1. The Bertz CT molecular complexity index is 206. The van der Waals surface area contributed by atoms with E-state index in [0.29, 0.717) is 0 Å². The van der Waals surface area contributed by atoms with Crippen LogP contribution in [0.2, 0.25) is 0 Å². The summed E-state index contributed by atoms with van der Waals surface area (Å²) in [6.07, 6.45) is 3.84. The summed E-state index contributed by atoms with van der Waals surface area (Å²) in [7, 11) is 0. The van der Waals surface area contributed by atoms with Crippen LogP contribution in [0, 0.1) is 0 Å². The quantitative estimate of drug-likeness (QED) is 0.668. The second-order valence-electron chi connectivity index (χ2n) is 2.38. The third-order valence-electron chi connectivity index (χ3n) is 1.42. The molecule has 74 valence electrons. The highest BCUT2D eigenvalue weighted by Crippen LogP contribution is 2.29. The van der Waals surface area contributed by atoms with Gasteiger partial charge in [0.05, 0.1) is 0 Å². The first-order valence-corrected chi connectivity index (χ1v) is 5.55. The van der Waals surface area contributed by atoms with E-state index < -0.39 is 0 Å². The smallest absolute Gasteiger partial charge is 0.132 e. The molecule has 1 nitrogen and oxygen atoms in total. The van der Waals surface area contributed by atoms with Crippen molar-refractivity contribution in [3.63, 3.8) is 0 Å². The fraction of sp³-hybridized carbons (Fsp3) is 0.455. The normalized spacial score (nSPS) is 21.0. The zero-order chi connectivity index (χ0) is 10.3. The van der Waals surface area contributed by atoms with Crippen LogP contribution in [0.15, 0.2) is 36.0 Å². The maximum Gasteiger partial charge on any atom is 0.132 e. The number of rotatable bonds is 2. The average molecular weight is 198 g/mol. The van der Waals surface area contributed by atoms with Gasteiger partial charge in [0.2, 0.25) is 0 Å². The Morgan fingerprint density at radius 1 is 1.38 bits per heavy atom. The maximum atomic E-state index is 5.51. The van der Waals surface area contributed by atoms with Crippen molar-refractivity contribution in [2.45, 2.75) is 26.9 Å². The minimum absolute atomic E-state index is 0.289. The van der Waals surface area contributed by atoms with E-state index >= 15 is 0 Å². The summed E-state index contributed by atoms with van der Waals surface area (Å²) in [5.74, 6) is 1.86. The van der Waals surface area contributed by atoms with E-state index in [2.05, 4.69) is 20.1 Å². The largest absolute Gasteiger partial charge is 0.489 e. The third-order valence-corrected chi connectivity index (χ3v) is 2.73. The molecule has 0 bridgehead atoms. The van der Waals surface area contributed by atoms with Gasteiger partial charge in [0.15, 0.2) is 0 Å². The van der Waals surface area contributed by atoms with E-state index in [1.807, 2.05) is 19.9 Å². The van der Waals surface area contributed by atoms with Crippen molar-refractivity contribution in [3.8, 4) is 0 Å². The molecule has 0 saturated carbocycles. The van der Waals surface area contributed by atoms with Gasteiger partial charge in [0.25, 0.3) is 0 Å². The fourth-order valence-corrected chi connectivity index (χ4v) is 1.77. The van der Waals surface area contributed by atoms with Gasteiger partial charge in [-0.2, -0.15) is 0 Å². The summed E-state index contributed by atoms with van der Waals surface area (Å²) in [4.78, 5) is 1.10. The minimum atomic E-state index is 0.289. The second kappa shape index (κ2) is 6.84. The van der Waals surface area contributed by atoms with Crippen LogP contribution in [-0.2, 0) is 4.74 Å². The molecule has 1 heterocycles. The topological polar surface area (TPSA) is 9.23 Å². The first-order chi connectivity index (χ1) is 6.27. The van der Waals surface area contributed by atoms with Crippen LogP contribution in [-0.4, -0.2) is 11.9 Å². The van der Waals surface area contributed by atoms with Gasteiger partial charge in [-0.3, -0.25) is 0 Å². The maximum absolute atomic E-state index is 5.51. The molecule has 0 fully saturated rings. The molecule has 0 radical (unpaired) electrons. The molecule has 13 heavy (non-hydrogen) atoms. The first-order valence-electron chi connectivity index (χ1n) is 4.56. The molecule has 0 saturated heterocycles. The second-order valence-corrected chi connectivity index (χ2v) is 3.44. The van der Waals surface area contributed by atoms with Gasteiger partial charge in [-0.05, 0) is 13.0 Å². The van der Waals surface area contributed by atoms with E-state index in [4.69, 9.17) is 4.74 Å². The van der Waals surface area contributed by atoms with Crippen molar-refractivity contribution in [1.29, 1.82) is 0 Å². The van der Waals surface area contributed by atoms with Gasteiger partial charge in [-0.1, -0.05) is 33.1 Å². The first kappa shape index (κ1) is 12.4. The molecule has 0 spiro atoms. The van der Waals surface area contributed by atoms with Crippen LogP contribution in [0.25, 0.3) is 0 Å². The number of allylic oxidation sites excluding steroid dienone is 2. The molecule has 0 amide bonds. The fourth-order valence-electron chi connectivity index (χ4n) is 0.895. The van der Waals surface area contributed by atoms with Crippen molar-refractivity contribution < 1.29 is 4.74 Å². The zero-order valence-corrected chi connectivity index (χ0v) is 9.49. The molecule has 1 aliphatic heterocycles. The number of hydrogen-bond donors (Lipinski definition) is 0. The minimum Gasteiger partial charge on any atom is -0.489 e. The average Bonchev–Trinajstić information content (AvgIpc) is 2.20. The molecule has 1 rings (SSSR count). The monoisotopic (exact) mass is 198 g/mol. The summed E-state index contributed by atoms with van der Waals surface area (Å²) >= 11 is 1.77. The molecule has 0 aromatic carbocycles. The Balaban J connectivity index is 0.000000671. The molecule has 1 aliphatic rings. The predicted molar refractivity (Wildman–Crippen MR) is 61.8 cm³/mol. The summed E-state index contributed by atoms with van der Waals surface area (Å²) in [5.41, 5.74) is 0. The van der Waals surface area contributed by atoms with Gasteiger partial charge < -0.3 is 4.74 Å². The van der Waals surface area contributed by atoms with Crippen molar-refractivity contribution in [3.05, 3.63) is 36.0 Å². The van der Waals surface area contributed by atoms with E-state index in [1.54, 1.807) is 17.8 Å². The molecule has 0 N–H and O–H groups in total. The van der Waals surface area contributed by atoms with Crippen LogP contribution < -0.4 is 0 Å². The summed E-state index contributed by atoms with van der Waals surface area (Å²) < 4.78 is 5.51. The van der Waals surface area contributed by atoms with Gasteiger partial charge in [0.1, 0.15) is 11.9 Å². The Morgan fingerprint density at radius 3 is 2.46 bits per heavy atom. The van der Waals surface area contributed by atoms with E-state index in [-0.39, 0.29) is 6.10 Å². The molecule has 0 aromatic rings. The Morgan fingerprint density at radius 2 is 2.00 bits per heavy atom. The van der Waals surface area contributed by atoms with Crippen LogP contribution in [0.5, 0.6) is 0 Å². The lowest BCUT2D eigenvalue weighted by Crippen LogP contribution is -2.15. The Kier molecular flexibility index (Phi) is 6.51. The molecule has 1 unspecified atom stereocenters. The highest BCUT2D eigenvalue weighted by atomic mass is 32.2.